The Morgan fingerprint density at radius 1 is 1.03 bits per heavy atom. The highest BCUT2D eigenvalue weighted by molar-refractivity contribution is 7.81. The van der Waals surface area contributed by atoms with Crippen LogP contribution in [0.15, 0.2) is 60.9 Å². The second-order valence-corrected chi connectivity index (χ2v) is 8.16. The molecular weight excluding hydrogens is 439 g/mol. The van der Waals surface area contributed by atoms with E-state index in [1.165, 1.54) is 0 Å². The summed E-state index contributed by atoms with van der Waals surface area (Å²) in [4.78, 5) is 0.309. The number of hydrogen-bond donors (Lipinski definition) is 3. The number of aromatic nitrogens is 1. The second kappa shape index (κ2) is 9.58. The van der Waals surface area contributed by atoms with Gasteiger partial charge in [0.25, 0.3) is 5.70 Å². The molecule has 0 saturated heterocycles. The zero-order valence-electron chi connectivity index (χ0n) is 16.5. The molecule has 1 aromatic heterocycles. The Labute approximate surface area is 191 Å². The third-order valence-electron chi connectivity index (χ3n) is 4.41. The zero-order chi connectivity index (χ0) is 21.8. The monoisotopic (exact) mass is 459 g/mol. The SMILES string of the molecule is Cc1cc(C)cc(NC(=S)/C(=C(\O)c2ccc(Cl)c(Cl)c2)[n+]2cccc(CO)c2)c1. The maximum Gasteiger partial charge on any atom is 0.288 e. The predicted molar refractivity (Wildman–Crippen MR) is 127 cm³/mol. The van der Waals surface area contributed by atoms with Gasteiger partial charge in [-0.2, -0.15) is 4.57 Å². The summed E-state index contributed by atoms with van der Waals surface area (Å²) < 4.78 is 1.67. The van der Waals surface area contributed by atoms with Gasteiger partial charge < -0.3 is 15.5 Å². The summed E-state index contributed by atoms with van der Waals surface area (Å²) in [6, 6.07) is 14.4. The van der Waals surface area contributed by atoms with E-state index in [0.717, 1.165) is 16.8 Å². The molecule has 154 valence electrons. The van der Waals surface area contributed by atoms with E-state index < -0.39 is 0 Å². The Balaban J connectivity index is 2.13. The van der Waals surface area contributed by atoms with E-state index in [0.29, 0.717) is 31.9 Å². The van der Waals surface area contributed by atoms with E-state index >= 15 is 0 Å². The maximum atomic E-state index is 11.1. The van der Waals surface area contributed by atoms with Crippen molar-refractivity contribution in [2.75, 3.05) is 5.32 Å². The van der Waals surface area contributed by atoms with Gasteiger partial charge in [-0.1, -0.05) is 41.5 Å². The number of benzene rings is 2. The molecule has 2 aromatic carbocycles. The van der Waals surface area contributed by atoms with Gasteiger partial charge in [0.1, 0.15) is 0 Å². The first-order valence-electron chi connectivity index (χ1n) is 9.18. The predicted octanol–water partition coefficient (Wildman–Crippen LogP) is 5.71. The van der Waals surface area contributed by atoms with Gasteiger partial charge in [0, 0.05) is 22.9 Å². The number of nitrogens with zero attached hydrogens (tertiary/aromatic N) is 1. The number of nitrogens with one attached hydrogen (secondary N) is 1. The molecule has 0 spiro atoms. The fourth-order valence-corrected chi connectivity index (χ4v) is 3.74. The van der Waals surface area contributed by atoms with Gasteiger partial charge in [-0.3, -0.25) is 0 Å². The van der Waals surface area contributed by atoms with E-state index in [-0.39, 0.29) is 12.4 Å². The highest BCUT2D eigenvalue weighted by Gasteiger charge is 2.25. The zero-order valence-corrected chi connectivity index (χ0v) is 18.8. The topological polar surface area (TPSA) is 56.4 Å². The van der Waals surface area contributed by atoms with Crippen LogP contribution in [0.1, 0.15) is 22.3 Å². The van der Waals surface area contributed by atoms with Crippen molar-refractivity contribution in [3.8, 4) is 0 Å². The van der Waals surface area contributed by atoms with E-state index in [9.17, 15) is 10.2 Å². The Bertz CT molecular complexity index is 1130. The summed E-state index contributed by atoms with van der Waals surface area (Å²) in [6.07, 6.45) is 3.45. The normalized spacial score (nSPS) is 11.8. The minimum absolute atomic E-state index is 0.0736. The molecule has 3 aromatic rings. The molecular formula is C23H21Cl2N2O2S+. The van der Waals surface area contributed by atoms with Crippen molar-refractivity contribution in [3.05, 3.63) is 93.2 Å². The number of halogens is 2. The summed E-state index contributed by atoms with van der Waals surface area (Å²) in [6.45, 7) is 3.87. The number of thiocarbonyl (C=S) groups is 1. The standard InChI is InChI=1S/C23H20Cl2N2O2S/c1-14-8-15(2)10-18(9-14)26-23(30)21(27-7-3-4-16(12-27)13-28)22(29)17-5-6-19(24)20(25)11-17/h3-12,28H,13H2,1-2H3,(H-,26,29,30)/p+1. The van der Waals surface area contributed by atoms with Crippen LogP contribution in [0, 0.1) is 13.8 Å². The lowest BCUT2D eigenvalue weighted by Crippen LogP contribution is -2.39. The van der Waals surface area contributed by atoms with Crippen LogP contribution >= 0.6 is 35.4 Å². The van der Waals surface area contributed by atoms with Gasteiger partial charge in [-0.25, -0.2) is 0 Å². The molecule has 1 heterocycles. The van der Waals surface area contributed by atoms with Crippen LogP contribution in [0.2, 0.25) is 10.0 Å². The van der Waals surface area contributed by atoms with Gasteiger partial charge in [0.05, 0.1) is 16.7 Å². The molecule has 30 heavy (non-hydrogen) atoms. The molecule has 0 unspecified atom stereocenters. The van der Waals surface area contributed by atoms with Crippen molar-refractivity contribution >= 4 is 57.6 Å². The first-order chi connectivity index (χ1) is 14.3. The molecule has 4 nitrogen and oxygen atoms in total. The van der Waals surface area contributed by atoms with Gasteiger partial charge in [0.2, 0.25) is 0 Å². The summed E-state index contributed by atoms with van der Waals surface area (Å²) >= 11 is 17.8. The average Bonchev–Trinajstić information content (AvgIpc) is 2.69. The first kappa shape index (κ1) is 22.2. The van der Waals surface area contributed by atoms with Crippen molar-refractivity contribution in [2.45, 2.75) is 20.5 Å². The van der Waals surface area contributed by atoms with Crippen LogP contribution in [0.3, 0.4) is 0 Å². The van der Waals surface area contributed by atoms with E-state index in [4.69, 9.17) is 35.4 Å². The molecule has 0 aliphatic heterocycles. The summed E-state index contributed by atoms with van der Waals surface area (Å²) in [7, 11) is 0. The number of aryl methyl sites for hydroxylation is 2. The second-order valence-electron chi connectivity index (χ2n) is 6.93. The van der Waals surface area contributed by atoms with Crippen molar-refractivity contribution in [1.82, 2.24) is 0 Å². The summed E-state index contributed by atoms with van der Waals surface area (Å²) in [5.74, 6) is -0.0736. The fraction of sp³-hybridized carbons (Fsp3) is 0.130. The van der Waals surface area contributed by atoms with Crippen molar-refractivity contribution in [2.24, 2.45) is 0 Å². The lowest BCUT2D eigenvalue weighted by atomic mass is 10.1. The van der Waals surface area contributed by atoms with Crippen LogP contribution in [0.25, 0.3) is 11.5 Å². The minimum atomic E-state index is -0.140. The van der Waals surface area contributed by atoms with Gasteiger partial charge in [-0.05, 0) is 61.4 Å². The van der Waals surface area contributed by atoms with Crippen molar-refractivity contribution < 1.29 is 14.8 Å². The summed E-state index contributed by atoms with van der Waals surface area (Å²) in [5, 5.41) is 24.6. The molecule has 0 amide bonds. The van der Waals surface area contributed by atoms with Crippen LogP contribution in [0.4, 0.5) is 5.69 Å². The maximum absolute atomic E-state index is 11.1. The molecule has 0 fully saturated rings. The third-order valence-corrected chi connectivity index (χ3v) is 5.45. The molecule has 3 rings (SSSR count). The van der Waals surface area contributed by atoms with Crippen LogP contribution in [-0.2, 0) is 6.61 Å². The number of rotatable bonds is 5. The quantitative estimate of drug-likeness (QED) is 0.198. The van der Waals surface area contributed by atoms with Crippen molar-refractivity contribution in [3.63, 3.8) is 0 Å². The largest absolute Gasteiger partial charge is 0.502 e. The Hall–Kier alpha value is -2.44. The highest BCUT2D eigenvalue weighted by Crippen LogP contribution is 2.27. The Morgan fingerprint density at radius 2 is 1.73 bits per heavy atom. The molecule has 0 atom stereocenters. The van der Waals surface area contributed by atoms with Gasteiger partial charge in [-0.15, -0.1) is 0 Å². The fourth-order valence-electron chi connectivity index (χ4n) is 3.12. The van der Waals surface area contributed by atoms with Crippen LogP contribution in [0.5, 0.6) is 0 Å². The molecule has 0 aliphatic rings. The number of anilines is 1. The number of pyridine rings is 1. The van der Waals surface area contributed by atoms with Crippen LogP contribution in [-0.4, -0.2) is 15.2 Å². The molecule has 0 bridgehead atoms. The average molecular weight is 460 g/mol. The van der Waals surface area contributed by atoms with Crippen LogP contribution < -0.4 is 9.88 Å². The Morgan fingerprint density at radius 3 is 2.37 bits per heavy atom. The molecule has 0 aliphatic carbocycles. The third kappa shape index (κ3) is 5.18. The first-order valence-corrected chi connectivity index (χ1v) is 10.3. The smallest absolute Gasteiger partial charge is 0.288 e. The van der Waals surface area contributed by atoms with E-state index in [1.54, 1.807) is 47.3 Å². The Kier molecular flexibility index (Phi) is 7.10. The molecule has 7 heteroatoms. The number of aliphatic hydroxyl groups is 2. The highest BCUT2D eigenvalue weighted by atomic mass is 35.5. The lowest BCUT2D eigenvalue weighted by Gasteiger charge is -2.12. The number of aliphatic hydroxyl groups excluding tert-OH is 2. The summed E-state index contributed by atoms with van der Waals surface area (Å²) in [5.41, 5.74) is 4.48. The van der Waals surface area contributed by atoms with Crippen molar-refractivity contribution in [1.29, 1.82) is 0 Å². The number of hydrogen-bond acceptors (Lipinski definition) is 3. The minimum Gasteiger partial charge on any atom is -0.502 e. The molecule has 0 saturated carbocycles. The molecule has 3 N–H and O–H groups in total. The van der Waals surface area contributed by atoms with E-state index in [1.807, 2.05) is 26.0 Å². The van der Waals surface area contributed by atoms with E-state index in [2.05, 4.69) is 11.4 Å². The van der Waals surface area contributed by atoms with Gasteiger partial charge >= 0.3 is 0 Å². The lowest BCUT2D eigenvalue weighted by molar-refractivity contribution is -0.576. The molecule has 0 radical (unpaired) electrons. The van der Waals surface area contributed by atoms with Gasteiger partial charge in [0.15, 0.2) is 23.1 Å².